The number of para-hydroxylation sites is 1. The minimum Gasteiger partial charge on any atom is -0.361 e. The third-order valence-electron chi connectivity index (χ3n) is 3.36. The van der Waals surface area contributed by atoms with Crippen molar-refractivity contribution in [1.82, 2.24) is 10.4 Å². The van der Waals surface area contributed by atoms with Gasteiger partial charge in [0, 0.05) is 28.4 Å². The van der Waals surface area contributed by atoms with Gasteiger partial charge < -0.3 is 4.98 Å². The predicted octanol–water partition coefficient (Wildman–Crippen LogP) is 3.55. The molecule has 5 heteroatoms. The Morgan fingerprint density at radius 1 is 1.13 bits per heavy atom. The lowest BCUT2D eigenvalue weighted by molar-refractivity contribution is -0.118. The fourth-order valence-electron chi connectivity index (χ4n) is 2.24. The van der Waals surface area contributed by atoms with E-state index >= 15 is 0 Å². The zero-order chi connectivity index (χ0) is 15.9. The number of rotatable bonds is 6. The maximum absolute atomic E-state index is 11.8. The summed E-state index contributed by atoms with van der Waals surface area (Å²) < 4.78 is 0. The molecule has 3 rings (SSSR count). The van der Waals surface area contributed by atoms with Crippen LogP contribution in [-0.2, 0) is 10.5 Å². The number of hydrazone groups is 1. The molecule has 2 N–H and O–H groups in total. The van der Waals surface area contributed by atoms with Crippen molar-refractivity contribution in [3.63, 3.8) is 0 Å². The number of thioether (sulfide) groups is 1. The lowest BCUT2D eigenvalue weighted by Gasteiger charge is -2.01. The van der Waals surface area contributed by atoms with Gasteiger partial charge >= 0.3 is 0 Å². The maximum atomic E-state index is 11.8. The standard InChI is InChI=1S/C18H17N3OS/c22-18(13-23-12-14-6-2-1-3-7-14)21-20-11-15-10-19-17-9-5-4-8-16(15)17/h1-11,19H,12-13H2,(H,21,22). The molecule has 4 nitrogen and oxygen atoms in total. The number of carbonyl (C=O) groups is 1. The van der Waals surface area contributed by atoms with Crippen LogP contribution < -0.4 is 5.43 Å². The van der Waals surface area contributed by atoms with Crippen LogP contribution in [0.4, 0.5) is 0 Å². The summed E-state index contributed by atoms with van der Waals surface area (Å²) in [6, 6.07) is 18.1. The van der Waals surface area contributed by atoms with E-state index in [-0.39, 0.29) is 5.91 Å². The first-order chi connectivity index (χ1) is 11.3. The van der Waals surface area contributed by atoms with Gasteiger partial charge in [-0.2, -0.15) is 5.10 Å². The highest BCUT2D eigenvalue weighted by Gasteiger charge is 2.02. The lowest BCUT2D eigenvalue weighted by Crippen LogP contribution is -2.19. The molecule has 0 spiro atoms. The number of hydrogen-bond acceptors (Lipinski definition) is 3. The largest absolute Gasteiger partial charge is 0.361 e. The molecule has 0 bridgehead atoms. The Hall–Kier alpha value is -2.53. The number of fused-ring (bicyclic) bond motifs is 1. The predicted molar refractivity (Wildman–Crippen MR) is 96.6 cm³/mol. The van der Waals surface area contributed by atoms with E-state index < -0.39 is 0 Å². The maximum Gasteiger partial charge on any atom is 0.250 e. The van der Waals surface area contributed by atoms with Crippen LogP contribution in [0.15, 0.2) is 65.9 Å². The Balaban J connectivity index is 1.47. The second-order valence-electron chi connectivity index (χ2n) is 5.06. The Bertz CT molecular complexity index is 811. The summed E-state index contributed by atoms with van der Waals surface area (Å²) >= 11 is 1.57. The number of H-pyrrole nitrogens is 1. The van der Waals surface area contributed by atoms with Crippen molar-refractivity contribution in [3.05, 3.63) is 71.9 Å². The highest BCUT2D eigenvalue weighted by atomic mass is 32.2. The molecule has 0 fully saturated rings. The summed E-state index contributed by atoms with van der Waals surface area (Å²) in [6.45, 7) is 0. The van der Waals surface area contributed by atoms with Crippen LogP contribution in [0.1, 0.15) is 11.1 Å². The number of amides is 1. The summed E-state index contributed by atoms with van der Waals surface area (Å²) in [6.07, 6.45) is 3.54. The zero-order valence-corrected chi connectivity index (χ0v) is 13.3. The molecule has 2 aromatic carbocycles. The van der Waals surface area contributed by atoms with E-state index in [1.165, 1.54) is 5.56 Å². The monoisotopic (exact) mass is 323 g/mol. The molecule has 0 atom stereocenters. The number of aromatic nitrogens is 1. The molecule has 23 heavy (non-hydrogen) atoms. The van der Waals surface area contributed by atoms with E-state index in [2.05, 4.69) is 27.6 Å². The van der Waals surface area contributed by atoms with Crippen LogP contribution in [0.3, 0.4) is 0 Å². The summed E-state index contributed by atoms with van der Waals surface area (Å²) in [4.78, 5) is 14.9. The first kappa shape index (κ1) is 15.4. The van der Waals surface area contributed by atoms with Crippen molar-refractivity contribution >= 4 is 34.8 Å². The molecular weight excluding hydrogens is 306 g/mol. The minimum absolute atomic E-state index is 0.0953. The van der Waals surface area contributed by atoms with Gasteiger partial charge in [0.1, 0.15) is 0 Å². The molecule has 1 amide bonds. The van der Waals surface area contributed by atoms with E-state index in [9.17, 15) is 4.79 Å². The molecule has 1 aromatic heterocycles. The molecule has 0 unspecified atom stereocenters. The Morgan fingerprint density at radius 3 is 2.78 bits per heavy atom. The normalized spacial score (nSPS) is 11.1. The van der Waals surface area contributed by atoms with Crippen molar-refractivity contribution in [3.8, 4) is 0 Å². The van der Waals surface area contributed by atoms with E-state index in [4.69, 9.17) is 0 Å². The third-order valence-corrected chi connectivity index (χ3v) is 4.36. The Labute approximate surface area is 139 Å². The van der Waals surface area contributed by atoms with Gasteiger partial charge in [0.15, 0.2) is 0 Å². The number of carbonyl (C=O) groups excluding carboxylic acids is 1. The van der Waals surface area contributed by atoms with Crippen molar-refractivity contribution in [2.45, 2.75) is 5.75 Å². The van der Waals surface area contributed by atoms with Gasteiger partial charge in [-0.15, -0.1) is 11.8 Å². The highest BCUT2D eigenvalue weighted by Crippen LogP contribution is 2.15. The number of nitrogens with zero attached hydrogens (tertiary/aromatic N) is 1. The van der Waals surface area contributed by atoms with Crippen LogP contribution in [0, 0.1) is 0 Å². The summed E-state index contributed by atoms with van der Waals surface area (Å²) in [7, 11) is 0. The second-order valence-corrected chi connectivity index (χ2v) is 6.05. The van der Waals surface area contributed by atoms with Crippen molar-refractivity contribution < 1.29 is 4.79 Å². The van der Waals surface area contributed by atoms with Gasteiger partial charge in [0.2, 0.25) is 5.91 Å². The first-order valence-corrected chi connectivity index (χ1v) is 8.48. The number of benzene rings is 2. The van der Waals surface area contributed by atoms with Crippen molar-refractivity contribution in [2.75, 3.05) is 5.75 Å². The average molecular weight is 323 g/mol. The van der Waals surface area contributed by atoms with Gasteiger partial charge in [0.25, 0.3) is 0 Å². The van der Waals surface area contributed by atoms with Crippen LogP contribution in [-0.4, -0.2) is 22.9 Å². The molecule has 1 heterocycles. The second kappa shape index (κ2) is 7.65. The quantitative estimate of drug-likeness (QED) is 0.538. The highest BCUT2D eigenvalue weighted by molar-refractivity contribution is 7.99. The molecular formula is C18H17N3OS. The molecule has 116 valence electrons. The Morgan fingerprint density at radius 2 is 1.91 bits per heavy atom. The van der Waals surface area contributed by atoms with Gasteiger partial charge in [-0.3, -0.25) is 4.79 Å². The number of aromatic amines is 1. The summed E-state index contributed by atoms with van der Waals surface area (Å²) in [5, 5.41) is 5.12. The van der Waals surface area contributed by atoms with Gasteiger partial charge in [-0.1, -0.05) is 48.5 Å². The summed E-state index contributed by atoms with van der Waals surface area (Å²) in [5.74, 6) is 1.11. The summed E-state index contributed by atoms with van der Waals surface area (Å²) in [5.41, 5.74) is 5.79. The average Bonchev–Trinajstić information content (AvgIpc) is 2.99. The molecule has 0 saturated heterocycles. The minimum atomic E-state index is -0.0953. The van der Waals surface area contributed by atoms with Gasteiger partial charge in [-0.25, -0.2) is 5.43 Å². The fourth-order valence-corrected chi connectivity index (χ4v) is 3.02. The zero-order valence-electron chi connectivity index (χ0n) is 12.5. The van der Waals surface area contributed by atoms with Crippen LogP contribution >= 0.6 is 11.8 Å². The number of nitrogens with one attached hydrogen (secondary N) is 2. The molecule has 0 aliphatic heterocycles. The Kier molecular flexibility index (Phi) is 5.11. The van der Waals surface area contributed by atoms with E-state index in [0.717, 1.165) is 22.2 Å². The fraction of sp³-hybridized carbons (Fsp3) is 0.111. The first-order valence-electron chi connectivity index (χ1n) is 7.32. The molecule has 3 aromatic rings. The van der Waals surface area contributed by atoms with Gasteiger partial charge in [-0.05, 0) is 11.6 Å². The topological polar surface area (TPSA) is 57.2 Å². The van der Waals surface area contributed by atoms with E-state index in [0.29, 0.717) is 5.75 Å². The lowest BCUT2D eigenvalue weighted by atomic mass is 10.2. The number of hydrogen-bond donors (Lipinski definition) is 2. The van der Waals surface area contributed by atoms with E-state index in [1.807, 2.05) is 48.7 Å². The smallest absolute Gasteiger partial charge is 0.250 e. The SMILES string of the molecule is O=C(CSCc1ccccc1)NN=Cc1c[nH]c2ccccc12. The molecule has 0 aliphatic rings. The van der Waals surface area contributed by atoms with E-state index in [1.54, 1.807) is 18.0 Å². The molecule has 0 radical (unpaired) electrons. The van der Waals surface area contributed by atoms with Crippen molar-refractivity contribution in [2.24, 2.45) is 5.10 Å². The molecule has 0 saturated carbocycles. The van der Waals surface area contributed by atoms with Crippen LogP contribution in [0.5, 0.6) is 0 Å². The van der Waals surface area contributed by atoms with Crippen molar-refractivity contribution in [1.29, 1.82) is 0 Å². The molecule has 0 aliphatic carbocycles. The van der Waals surface area contributed by atoms with Gasteiger partial charge in [0.05, 0.1) is 12.0 Å². The van der Waals surface area contributed by atoms with Crippen LogP contribution in [0.2, 0.25) is 0 Å². The van der Waals surface area contributed by atoms with Crippen LogP contribution in [0.25, 0.3) is 10.9 Å². The third kappa shape index (κ3) is 4.23.